The lowest BCUT2D eigenvalue weighted by Crippen LogP contribution is -2.25. The number of anilines is 3. The molecule has 1 amide bonds. The van der Waals surface area contributed by atoms with E-state index in [1.807, 2.05) is 18.2 Å². The van der Waals surface area contributed by atoms with Gasteiger partial charge in [0.25, 0.3) is 5.91 Å². The van der Waals surface area contributed by atoms with Crippen molar-refractivity contribution < 1.29 is 18.0 Å². The van der Waals surface area contributed by atoms with Crippen molar-refractivity contribution in [3.63, 3.8) is 0 Å². The van der Waals surface area contributed by atoms with E-state index in [-0.39, 0.29) is 11.3 Å². The second-order valence-electron chi connectivity index (χ2n) is 6.81. The van der Waals surface area contributed by atoms with Gasteiger partial charge in [-0.15, -0.1) is 0 Å². The molecule has 1 N–H and O–H groups in total. The fourth-order valence-corrected chi connectivity index (χ4v) is 3.54. The van der Waals surface area contributed by atoms with E-state index < -0.39 is 17.6 Å². The van der Waals surface area contributed by atoms with Crippen LogP contribution >= 0.6 is 0 Å². The van der Waals surface area contributed by atoms with Crippen LogP contribution in [0.3, 0.4) is 0 Å². The standard InChI is InChI=1S/C22H18F3N3O/c23-22(24,25)18-8-2-3-9-19(18)27-21(29)16-12-17(14-26-13-16)28-11-5-7-15-6-1-4-10-20(15)28/h1-4,6,8-10,12-14H,5,7,11H2,(H,27,29). The summed E-state index contributed by atoms with van der Waals surface area (Å²) in [5.74, 6) is -0.638. The van der Waals surface area contributed by atoms with Crippen LogP contribution in [0.25, 0.3) is 0 Å². The Bertz CT molecular complexity index is 1050. The number of alkyl halides is 3. The zero-order chi connectivity index (χ0) is 20.4. The number of carbonyl (C=O) groups excluding carboxylic acids is 1. The molecule has 0 fully saturated rings. The topological polar surface area (TPSA) is 45.2 Å². The highest BCUT2D eigenvalue weighted by molar-refractivity contribution is 6.05. The number of rotatable bonds is 3. The maximum atomic E-state index is 13.2. The molecule has 0 saturated carbocycles. The van der Waals surface area contributed by atoms with Crippen molar-refractivity contribution in [3.05, 3.63) is 83.7 Å². The molecule has 1 aliphatic rings. The number of carbonyl (C=O) groups is 1. The molecule has 29 heavy (non-hydrogen) atoms. The van der Waals surface area contributed by atoms with Gasteiger partial charge < -0.3 is 10.2 Å². The Hall–Kier alpha value is -3.35. The molecular weight excluding hydrogens is 379 g/mol. The highest BCUT2D eigenvalue weighted by Crippen LogP contribution is 2.35. The Labute approximate surface area is 166 Å². The van der Waals surface area contributed by atoms with Crippen LogP contribution in [0.5, 0.6) is 0 Å². The van der Waals surface area contributed by atoms with E-state index in [0.717, 1.165) is 36.8 Å². The maximum Gasteiger partial charge on any atom is 0.418 e. The summed E-state index contributed by atoms with van der Waals surface area (Å²) in [6.07, 6.45) is 0.399. The van der Waals surface area contributed by atoms with Gasteiger partial charge in [0.15, 0.2) is 0 Å². The number of benzene rings is 2. The molecule has 1 aromatic heterocycles. The van der Waals surface area contributed by atoms with Gasteiger partial charge in [-0.25, -0.2) is 0 Å². The predicted molar refractivity (Wildman–Crippen MR) is 105 cm³/mol. The Morgan fingerprint density at radius 3 is 2.62 bits per heavy atom. The highest BCUT2D eigenvalue weighted by Gasteiger charge is 2.33. The van der Waals surface area contributed by atoms with E-state index in [0.29, 0.717) is 0 Å². The summed E-state index contributed by atoms with van der Waals surface area (Å²) in [5.41, 5.74) is 2.03. The molecule has 0 radical (unpaired) electrons. The molecule has 1 aliphatic heterocycles. The van der Waals surface area contributed by atoms with Crippen LogP contribution in [0.1, 0.15) is 27.9 Å². The van der Waals surface area contributed by atoms with Gasteiger partial charge in [-0.2, -0.15) is 13.2 Å². The normalized spacial score (nSPS) is 13.7. The van der Waals surface area contributed by atoms with Crippen LogP contribution in [-0.4, -0.2) is 17.4 Å². The molecule has 0 atom stereocenters. The van der Waals surface area contributed by atoms with Crippen molar-refractivity contribution in [3.8, 4) is 0 Å². The number of nitrogens with zero attached hydrogens (tertiary/aromatic N) is 2. The third-order valence-corrected chi connectivity index (χ3v) is 4.89. The average Bonchev–Trinajstić information content (AvgIpc) is 2.73. The van der Waals surface area contributed by atoms with Crippen LogP contribution in [-0.2, 0) is 12.6 Å². The number of fused-ring (bicyclic) bond motifs is 1. The molecule has 0 bridgehead atoms. The van der Waals surface area contributed by atoms with Crippen molar-refractivity contribution in [2.24, 2.45) is 0 Å². The summed E-state index contributed by atoms with van der Waals surface area (Å²) in [4.78, 5) is 18.9. The Morgan fingerprint density at radius 2 is 1.79 bits per heavy atom. The van der Waals surface area contributed by atoms with Crippen LogP contribution in [0.2, 0.25) is 0 Å². The minimum absolute atomic E-state index is 0.197. The van der Waals surface area contributed by atoms with Crippen molar-refractivity contribution in [1.29, 1.82) is 0 Å². The number of aryl methyl sites for hydroxylation is 1. The third kappa shape index (κ3) is 3.94. The van der Waals surface area contributed by atoms with Gasteiger partial charge in [0.05, 0.1) is 28.7 Å². The summed E-state index contributed by atoms with van der Waals surface area (Å²) < 4.78 is 39.5. The van der Waals surface area contributed by atoms with Gasteiger partial charge in [0, 0.05) is 18.4 Å². The lowest BCUT2D eigenvalue weighted by atomic mass is 10.0. The quantitative estimate of drug-likeness (QED) is 0.640. The minimum atomic E-state index is -4.55. The molecule has 0 spiro atoms. The van der Waals surface area contributed by atoms with Crippen molar-refractivity contribution >= 4 is 23.0 Å². The van der Waals surface area contributed by atoms with E-state index >= 15 is 0 Å². The van der Waals surface area contributed by atoms with Gasteiger partial charge >= 0.3 is 6.18 Å². The molecule has 0 aliphatic carbocycles. The summed E-state index contributed by atoms with van der Waals surface area (Å²) in [7, 11) is 0. The van der Waals surface area contributed by atoms with Crippen molar-refractivity contribution in [2.45, 2.75) is 19.0 Å². The molecule has 2 aromatic carbocycles. The first-order chi connectivity index (χ1) is 13.9. The monoisotopic (exact) mass is 397 g/mol. The van der Waals surface area contributed by atoms with Gasteiger partial charge in [0.2, 0.25) is 0 Å². The molecular formula is C22H18F3N3O. The van der Waals surface area contributed by atoms with Crippen LogP contribution in [0.15, 0.2) is 67.0 Å². The van der Waals surface area contributed by atoms with E-state index in [2.05, 4.69) is 21.3 Å². The Morgan fingerprint density at radius 1 is 1.03 bits per heavy atom. The number of amides is 1. The van der Waals surface area contributed by atoms with E-state index in [1.54, 1.807) is 12.3 Å². The Kier molecular flexibility index (Phi) is 4.96. The fraction of sp³-hybridized carbons (Fsp3) is 0.182. The van der Waals surface area contributed by atoms with Gasteiger partial charge in [-0.1, -0.05) is 30.3 Å². The lowest BCUT2D eigenvalue weighted by Gasteiger charge is -2.31. The van der Waals surface area contributed by atoms with E-state index in [4.69, 9.17) is 0 Å². The molecule has 3 aromatic rings. The average molecular weight is 397 g/mol. The van der Waals surface area contributed by atoms with Crippen LogP contribution in [0.4, 0.5) is 30.2 Å². The molecule has 7 heteroatoms. The number of halogens is 3. The van der Waals surface area contributed by atoms with Crippen LogP contribution < -0.4 is 10.2 Å². The first-order valence-electron chi connectivity index (χ1n) is 9.21. The van der Waals surface area contributed by atoms with Crippen LogP contribution in [0, 0.1) is 0 Å². The SMILES string of the molecule is O=C(Nc1ccccc1C(F)(F)F)c1cncc(N2CCCc3ccccc32)c1. The van der Waals surface area contributed by atoms with E-state index in [9.17, 15) is 18.0 Å². The fourth-order valence-electron chi connectivity index (χ4n) is 3.54. The third-order valence-electron chi connectivity index (χ3n) is 4.89. The van der Waals surface area contributed by atoms with Gasteiger partial charge in [0.1, 0.15) is 0 Å². The van der Waals surface area contributed by atoms with E-state index in [1.165, 1.54) is 30.0 Å². The zero-order valence-corrected chi connectivity index (χ0v) is 15.4. The largest absolute Gasteiger partial charge is 0.418 e. The molecule has 148 valence electrons. The molecule has 0 saturated heterocycles. The first kappa shape index (κ1) is 19.0. The lowest BCUT2D eigenvalue weighted by molar-refractivity contribution is -0.136. The number of hydrogen-bond donors (Lipinski definition) is 1. The molecule has 0 unspecified atom stereocenters. The highest BCUT2D eigenvalue weighted by atomic mass is 19.4. The summed E-state index contributed by atoms with van der Waals surface area (Å²) in [6, 6.07) is 14.6. The summed E-state index contributed by atoms with van der Waals surface area (Å²) in [6.45, 7) is 0.778. The van der Waals surface area contributed by atoms with Gasteiger partial charge in [-0.05, 0) is 42.7 Å². The molecule has 4 nitrogen and oxygen atoms in total. The smallest absolute Gasteiger partial charge is 0.340 e. The number of pyridine rings is 1. The summed E-state index contributed by atoms with van der Waals surface area (Å²) >= 11 is 0. The maximum absolute atomic E-state index is 13.2. The summed E-state index contributed by atoms with van der Waals surface area (Å²) in [5, 5.41) is 2.37. The van der Waals surface area contributed by atoms with Gasteiger partial charge in [-0.3, -0.25) is 9.78 Å². The minimum Gasteiger partial charge on any atom is -0.340 e. The van der Waals surface area contributed by atoms with Crippen molar-refractivity contribution in [1.82, 2.24) is 4.98 Å². The zero-order valence-electron chi connectivity index (χ0n) is 15.4. The number of hydrogen-bond acceptors (Lipinski definition) is 3. The molecule has 4 rings (SSSR count). The molecule has 2 heterocycles. The second kappa shape index (κ2) is 7.58. The number of para-hydroxylation sites is 2. The van der Waals surface area contributed by atoms with Crippen molar-refractivity contribution in [2.75, 3.05) is 16.8 Å². The first-order valence-corrected chi connectivity index (χ1v) is 9.21. The number of nitrogens with one attached hydrogen (secondary N) is 1. The Balaban J connectivity index is 1.62. The predicted octanol–water partition coefficient (Wildman–Crippen LogP) is 5.44. The second-order valence-corrected chi connectivity index (χ2v) is 6.81. The number of aromatic nitrogens is 1.